The van der Waals surface area contributed by atoms with E-state index in [2.05, 4.69) is 24.3 Å². The number of carbonyl (C=O) groups excluding carboxylic acids is 3. The quantitative estimate of drug-likeness (QED) is 0.388. The second-order valence-electron chi connectivity index (χ2n) is 9.76. The van der Waals surface area contributed by atoms with E-state index < -0.39 is 0 Å². The average molecular weight is 494 g/mol. The third kappa shape index (κ3) is 4.10. The topological polar surface area (TPSA) is 79.3 Å². The van der Waals surface area contributed by atoms with Gasteiger partial charge < -0.3 is 4.74 Å². The maximum Gasteiger partial charge on any atom is 0.263 e. The molecule has 37 heavy (non-hydrogen) atoms. The number of methoxy groups -OCH3 is 1. The van der Waals surface area contributed by atoms with E-state index in [0.29, 0.717) is 19.3 Å². The van der Waals surface area contributed by atoms with Crippen molar-refractivity contribution in [3.05, 3.63) is 90.0 Å². The Morgan fingerprint density at radius 1 is 0.919 bits per heavy atom. The van der Waals surface area contributed by atoms with Crippen LogP contribution in [0.1, 0.15) is 36.4 Å². The lowest BCUT2D eigenvalue weighted by Gasteiger charge is -2.24. The lowest BCUT2D eigenvalue weighted by atomic mass is 9.85. The molecule has 3 atom stereocenters. The Morgan fingerprint density at radius 3 is 2.27 bits per heavy atom. The summed E-state index contributed by atoms with van der Waals surface area (Å²) in [6.07, 6.45) is 5.49. The zero-order valence-corrected chi connectivity index (χ0v) is 20.5. The molecule has 0 bridgehead atoms. The van der Waals surface area contributed by atoms with E-state index in [4.69, 9.17) is 9.84 Å². The molecule has 0 N–H and O–H groups in total. The molecule has 3 aromatic carbocycles. The van der Waals surface area contributed by atoms with Crippen LogP contribution < -0.4 is 4.74 Å². The summed E-state index contributed by atoms with van der Waals surface area (Å²) < 4.78 is 5.30. The van der Waals surface area contributed by atoms with Crippen LogP contribution in [0.4, 0.5) is 0 Å². The van der Waals surface area contributed by atoms with Gasteiger partial charge in [-0.3, -0.25) is 19.3 Å². The Morgan fingerprint density at radius 2 is 1.59 bits per heavy atom. The number of imide groups is 1. The molecule has 1 saturated heterocycles. The second kappa shape index (κ2) is 9.32. The van der Waals surface area contributed by atoms with Crippen molar-refractivity contribution >= 4 is 34.2 Å². The van der Waals surface area contributed by atoms with Gasteiger partial charge in [-0.05, 0) is 52.9 Å². The van der Waals surface area contributed by atoms with Crippen LogP contribution in [-0.2, 0) is 14.4 Å². The number of amides is 3. The van der Waals surface area contributed by atoms with Gasteiger partial charge in [-0.2, -0.15) is 5.10 Å². The molecule has 0 radical (unpaired) electrons. The van der Waals surface area contributed by atoms with Crippen molar-refractivity contribution in [2.75, 3.05) is 13.7 Å². The Labute approximate surface area is 215 Å². The minimum atomic E-state index is -0.370. The fourth-order valence-electron chi connectivity index (χ4n) is 5.60. The van der Waals surface area contributed by atoms with Crippen LogP contribution in [0.2, 0.25) is 0 Å². The first-order valence-electron chi connectivity index (χ1n) is 12.6. The highest BCUT2D eigenvalue weighted by atomic mass is 16.5. The summed E-state index contributed by atoms with van der Waals surface area (Å²) in [6, 6.07) is 21.5. The predicted octanol–water partition coefficient (Wildman–Crippen LogP) is 4.48. The van der Waals surface area contributed by atoms with Gasteiger partial charge in [0.05, 0.1) is 30.7 Å². The van der Waals surface area contributed by atoms with Gasteiger partial charge in [0.25, 0.3) is 5.91 Å². The van der Waals surface area contributed by atoms with Gasteiger partial charge in [-0.15, -0.1) is 0 Å². The van der Waals surface area contributed by atoms with Crippen molar-refractivity contribution < 1.29 is 19.1 Å². The number of hydrogen-bond acceptors (Lipinski definition) is 5. The minimum absolute atomic E-state index is 0.258. The maximum absolute atomic E-state index is 13.6. The molecule has 2 heterocycles. The van der Waals surface area contributed by atoms with Crippen molar-refractivity contribution in [1.29, 1.82) is 0 Å². The molecule has 3 aromatic rings. The number of ether oxygens (including phenoxy) is 1. The van der Waals surface area contributed by atoms with E-state index in [1.165, 1.54) is 5.01 Å². The Hall–Kier alpha value is -4.26. The standard InChI is InChI=1S/C30H27N3O4/c1-37-23-14-12-20(13-15-23)27-17-26(22-11-10-19-6-2-3-7-21(19)16-22)31-33(27)28(34)18-32-29(35)24-8-4-5-9-25(24)30(32)36/h2-7,10-16,24-25,27H,8-9,17-18H2,1H3/t24-,25-,27-/m0/s1. The van der Waals surface area contributed by atoms with E-state index in [1.54, 1.807) is 7.11 Å². The third-order valence-corrected chi connectivity index (χ3v) is 7.64. The number of allylic oxidation sites excluding steroid dienone is 2. The summed E-state index contributed by atoms with van der Waals surface area (Å²) in [5.41, 5.74) is 2.64. The average Bonchev–Trinajstić information content (AvgIpc) is 3.49. The van der Waals surface area contributed by atoms with Crippen LogP contribution in [0.3, 0.4) is 0 Å². The monoisotopic (exact) mass is 493 g/mol. The largest absolute Gasteiger partial charge is 0.497 e. The van der Waals surface area contributed by atoms with Crippen LogP contribution in [-0.4, -0.2) is 47.0 Å². The molecule has 0 spiro atoms. The van der Waals surface area contributed by atoms with Crippen molar-refractivity contribution in [3.63, 3.8) is 0 Å². The van der Waals surface area contributed by atoms with E-state index >= 15 is 0 Å². The summed E-state index contributed by atoms with van der Waals surface area (Å²) in [5, 5.41) is 8.43. The van der Waals surface area contributed by atoms with Gasteiger partial charge >= 0.3 is 0 Å². The van der Waals surface area contributed by atoms with Crippen molar-refractivity contribution in [3.8, 4) is 5.75 Å². The van der Waals surface area contributed by atoms with E-state index in [9.17, 15) is 14.4 Å². The number of nitrogens with zero attached hydrogens (tertiary/aromatic N) is 3. The number of hydrazone groups is 1. The number of carbonyl (C=O) groups is 3. The first kappa shape index (κ1) is 23.2. The molecule has 6 rings (SSSR count). The van der Waals surface area contributed by atoms with Gasteiger partial charge in [-0.1, -0.05) is 60.7 Å². The first-order chi connectivity index (χ1) is 18.0. The number of fused-ring (bicyclic) bond motifs is 2. The lowest BCUT2D eigenvalue weighted by Crippen LogP contribution is -2.41. The molecule has 7 nitrogen and oxygen atoms in total. The number of likely N-dealkylation sites (tertiary alicyclic amines) is 1. The minimum Gasteiger partial charge on any atom is -0.497 e. The molecular formula is C30H27N3O4. The third-order valence-electron chi connectivity index (χ3n) is 7.64. The SMILES string of the molecule is COc1ccc([C@@H]2CC(c3ccc4ccccc4c3)=NN2C(=O)CN2C(=O)[C@H]3CC=CC[C@@H]3C2=O)cc1. The first-order valence-corrected chi connectivity index (χ1v) is 12.6. The highest BCUT2D eigenvalue weighted by molar-refractivity contribution is 6.09. The van der Waals surface area contributed by atoms with Gasteiger partial charge in [-0.25, -0.2) is 5.01 Å². The smallest absolute Gasteiger partial charge is 0.263 e. The van der Waals surface area contributed by atoms with Gasteiger partial charge in [0.2, 0.25) is 11.8 Å². The zero-order chi connectivity index (χ0) is 25.5. The molecule has 186 valence electrons. The summed E-state index contributed by atoms with van der Waals surface area (Å²) in [6.45, 7) is -0.300. The Bertz CT molecular complexity index is 1430. The van der Waals surface area contributed by atoms with Gasteiger partial charge in [0.15, 0.2) is 0 Å². The van der Waals surface area contributed by atoms with Crippen molar-refractivity contribution in [1.82, 2.24) is 9.91 Å². The lowest BCUT2D eigenvalue weighted by molar-refractivity contribution is -0.147. The Balaban J connectivity index is 1.31. The maximum atomic E-state index is 13.6. The molecular weight excluding hydrogens is 466 g/mol. The van der Waals surface area contributed by atoms with Gasteiger partial charge in [0, 0.05) is 6.42 Å². The molecule has 3 amide bonds. The van der Waals surface area contributed by atoms with Crippen LogP contribution >= 0.6 is 0 Å². The Kier molecular flexibility index (Phi) is 5.83. The molecule has 0 unspecified atom stereocenters. The highest BCUT2D eigenvalue weighted by Gasteiger charge is 2.48. The summed E-state index contributed by atoms with van der Waals surface area (Å²) in [4.78, 5) is 40.7. The number of benzene rings is 3. The van der Waals surface area contributed by atoms with Gasteiger partial charge in [0.1, 0.15) is 12.3 Å². The summed E-state index contributed by atoms with van der Waals surface area (Å²) in [7, 11) is 1.61. The van der Waals surface area contributed by atoms with E-state index in [1.807, 2.05) is 54.6 Å². The van der Waals surface area contributed by atoms with Crippen molar-refractivity contribution in [2.45, 2.75) is 25.3 Å². The molecule has 0 saturated carbocycles. The number of hydrogen-bond donors (Lipinski definition) is 0. The van der Waals surface area contributed by atoms with E-state index in [0.717, 1.165) is 38.3 Å². The molecule has 1 aliphatic carbocycles. The van der Waals surface area contributed by atoms with Crippen LogP contribution in [0.5, 0.6) is 5.75 Å². The van der Waals surface area contributed by atoms with E-state index in [-0.39, 0.29) is 42.1 Å². The summed E-state index contributed by atoms with van der Waals surface area (Å²) >= 11 is 0. The molecule has 0 aromatic heterocycles. The second-order valence-corrected chi connectivity index (χ2v) is 9.76. The van der Waals surface area contributed by atoms with Crippen LogP contribution in [0.15, 0.2) is 84.0 Å². The van der Waals surface area contributed by atoms with Crippen molar-refractivity contribution in [2.24, 2.45) is 16.9 Å². The van der Waals surface area contributed by atoms with Crippen LogP contribution in [0, 0.1) is 11.8 Å². The fourth-order valence-corrected chi connectivity index (χ4v) is 5.60. The number of rotatable bonds is 5. The fraction of sp³-hybridized carbons (Fsp3) is 0.267. The predicted molar refractivity (Wildman–Crippen MR) is 140 cm³/mol. The highest BCUT2D eigenvalue weighted by Crippen LogP contribution is 2.37. The zero-order valence-electron chi connectivity index (χ0n) is 20.5. The molecule has 1 fully saturated rings. The molecule has 3 aliphatic rings. The normalized spacial score (nSPS) is 22.9. The molecule has 7 heteroatoms. The van der Waals surface area contributed by atoms with Crippen LogP contribution in [0.25, 0.3) is 10.8 Å². The molecule has 2 aliphatic heterocycles. The summed E-state index contributed by atoms with van der Waals surface area (Å²) in [5.74, 6) is -0.890.